The molecule has 5 heteroatoms. The first-order chi connectivity index (χ1) is 6.75. The van der Waals surface area contributed by atoms with Gasteiger partial charge in [0.1, 0.15) is 0 Å². The second-order valence-electron chi connectivity index (χ2n) is 3.57. The van der Waals surface area contributed by atoms with Crippen molar-refractivity contribution in [1.82, 2.24) is 14.9 Å². The maximum Gasteiger partial charge on any atom is 0.222 e. The van der Waals surface area contributed by atoms with Crippen molar-refractivity contribution in [2.45, 2.75) is 31.8 Å². The molecule has 0 bridgehead atoms. The smallest absolute Gasteiger partial charge is 0.222 e. The molecular formula is C9H14N4O. The van der Waals surface area contributed by atoms with Crippen LogP contribution < -0.4 is 11.1 Å². The molecule has 5 nitrogen and oxygen atoms in total. The molecule has 2 rings (SSSR count). The van der Waals surface area contributed by atoms with E-state index in [1.54, 1.807) is 17.0 Å². The van der Waals surface area contributed by atoms with Crippen molar-refractivity contribution in [1.29, 1.82) is 0 Å². The van der Waals surface area contributed by atoms with Gasteiger partial charge in [-0.05, 0) is 12.8 Å². The number of nitrogens with two attached hydrogens (primary N) is 1. The Kier molecular flexibility index (Phi) is 2.39. The van der Waals surface area contributed by atoms with Crippen LogP contribution in [0.5, 0.6) is 0 Å². The number of imidazole rings is 1. The van der Waals surface area contributed by atoms with E-state index in [1.807, 2.05) is 0 Å². The van der Waals surface area contributed by atoms with Gasteiger partial charge in [0.05, 0.1) is 0 Å². The molecule has 0 unspecified atom stereocenters. The van der Waals surface area contributed by atoms with Crippen LogP contribution >= 0.6 is 0 Å². The molecule has 1 aromatic heterocycles. The van der Waals surface area contributed by atoms with Gasteiger partial charge in [-0.25, -0.2) is 4.98 Å². The van der Waals surface area contributed by atoms with Gasteiger partial charge in [-0.1, -0.05) is 0 Å². The first kappa shape index (κ1) is 9.05. The standard InChI is InChI=1S/C9H14N4O/c10-9-11-4-6-13(9)5-3-8(14)12-7-1-2-7/h4,6-7H,1-3,5H2,(H2,10,11)(H,12,14). The lowest BCUT2D eigenvalue weighted by Gasteiger charge is -2.04. The maximum atomic E-state index is 11.3. The van der Waals surface area contributed by atoms with Crippen molar-refractivity contribution in [3.63, 3.8) is 0 Å². The van der Waals surface area contributed by atoms with Gasteiger partial charge in [0.25, 0.3) is 0 Å². The molecule has 0 aliphatic heterocycles. The summed E-state index contributed by atoms with van der Waals surface area (Å²) in [6.45, 7) is 0.602. The molecule has 3 N–H and O–H groups in total. The van der Waals surface area contributed by atoms with E-state index in [-0.39, 0.29) is 5.91 Å². The van der Waals surface area contributed by atoms with Crippen molar-refractivity contribution in [2.24, 2.45) is 0 Å². The van der Waals surface area contributed by atoms with Gasteiger partial charge in [-0.2, -0.15) is 0 Å². The summed E-state index contributed by atoms with van der Waals surface area (Å²) in [6, 6.07) is 0.433. The van der Waals surface area contributed by atoms with Crippen LogP contribution in [0.25, 0.3) is 0 Å². The van der Waals surface area contributed by atoms with Gasteiger partial charge >= 0.3 is 0 Å². The Morgan fingerprint density at radius 1 is 1.71 bits per heavy atom. The quantitative estimate of drug-likeness (QED) is 0.715. The molecule has 1 heterocycles. The SMILES string of the molecule is Nc1nccn1CCC(=O)NC1CC1. The van der Waals surface area contributed by atoms with Crippen LogP contribution in [0.2, 0.25) is 0 Å². The molecule has 1 saturated carbocycles. The number of nitrogen functional groups attached to an aromatic ring is 1. The number of rotatable bonds is 4. The van der Waals surface area contributed by atoms with Crippen molar-refractivity contribution < 1.29 is 4.79 Å². The van der Waals surface area contributed by atoms with Gasteiger partial charge in [0, 0.05) is 31.4 Å². The largest absolute Gasteiger partial charge is 0.369 e. The highest BCUT2D eigenvalue weighted by atomic mass is 16.1. The van der Waals surface area contributed by atoms with E-state index in [1.165, 1.54) is 0 Å². The molecule has 0 saturated heterocycles. The van der Waals surface area contributed by atoms with E-state index >= 15 is 0 Å². The Labute approximate surface area is 82.3 Å². The van der Waals surface area contributed by atoms with Crippen molar-refractivity contribution in [3.8, 4) is 0 Å². The molecule has 76 valence electrons. The summed E-state index contributed by atoms with van der Waals surface area (Å²) in [5.41, 5.74) is 5.56. The Morgan fingerprint density at radius 3 is 3.07 bits per heavy atom. The molecule has 1 amide bonds. The van der Waals surface area contributed by atoms with E-state index in [2.05, 4.69) is 10.3 Å². The molecule has 14 heavy (non-hydrogen) atoms. The van der Waals surface area contributed by atoms with Crippen molar-refractivity contribution in [3.05, 3.63) is 12.4 Å². The predicted octanol–water partition coefficient (Wildman–Crippen LogP) is 0.134. The number of aromatic nitrogens is 2. The molecule has 0 radical (unpaired) electrons. The second-order valence-corrected chi connectivity index (χ2v) is 3.57. The molecule has 0 atom stereocenters. The Balaban J connectivity index is 1.76. The topological polar surface area (TPSA) is 72.9 Å². The Bertz CT molecular complexity index is 329. The van der Waals surface area contributed by atoms with E-state index < -0.39 is 0 Å². The molecular weight excluding hydrogens is 180 g/mol. The summed E-state index contributed by atoms with van der Waals surface area (Å²) in [7, 11) is 0. The maximum absolute atomic E-state index is 11.3. The summed E-state index contributed by atoms with van der Waals surface area (Å²) < 4.78 is 1.77. The third kappa shape index (κ3) is 2.25. The predicted molar refractivity (Wildman–Crippen MR) is 52.4 cm³/mol. The third-order valence-electron chi connectivity index (χ3n) is 2.27. The lowest BCUT2D eigenvalue weighted by atomic mass is 10.4. The number of nitrogens with zero attached hydrogens (tertiary/aromatic N) is 2. The number of carbonyl (C=O) groups excluding carboxylic acids is 1. The van der Waals surface area contributed by atoms with Crippen LogP contribution in [0.4, 0.5) is 5.95 Å². The average molecular weight is 194 g/mol. The third-order valence-corrected chi connectivity index (χ3v) is 2.27. The van der Waals surface area contributed by atoms with Crippen molar-refractivity contribution in [2.75, 3.05) is 5.73 Å². The van der Waals surface area contributed by atoms with Crippen molar-refractivity contribution >= 4 is 11.9 Å². The molecule has 1 fully saturated rings. The second kappa shape index (κ2) is 3.69. The number of hydrogen-bond acceptors (Lipinski definition) is 3. The van der Waals surface area contributed by atoms with Gasteiger partial charge in [-0.15, -0.1) is 0 Å². The average Bonchev–Trinajstić information content (AvgIpc) is 2.86. The lowest BCUT2D eigenvalue weighted by Crippen LogP contribution is -2.26. The highest BCUT2D eigenvalue weighted by molar-refractivity contribution is 5.76. The number of amides is 1. The lowest BCUT2D eigenvalue weighted by molar-refractivity contribution is -0.121. The number of carbonyl (C=O) groups is 1. The zero-order valence-corrected chi connectivity index (χ0v) is 7.94. The van der Waals surface area contributed by atoms with Crippen LogP contribution in [0.3, 0.4) is 0 Å². The van der Waals surface area contributed by atoms with Crippen LogP contribution in [-0.2, 0) is 11.3 Å². The first-order valence-corrected chi connectivity index (χ1v) is 4.81. The van der Waals surface area contributed by atoms with E-state index in [0.29, 0.717) is 25.0 Å². The minimum absolute atomic E-state index is 0.0978. The summed E-state index contributed by atoms with van der Waals surface area (Å²) in [6.07, 6.45) is 6.13. The van der Waals surface area contributed by atoms with Crippen LogP contribution in [-0.4, -0.2) is 21.5 Å². The Morgan fingerprint density at radius 2 is 2.50 bits per heavy atom. The number of anilines is 1. The summed E-state index contributed by atoms with van der Waals surface area (Å²) in [5, 5.41) is 2.92. The summed E-state index contributed by atoms with van der Waals surface area (Å²) >= 11 is 0. The normalized spacial score (nSPS) is 15.4. The monoisotopic (exact) mass is 194 g/mol. The molecule has 0 spiro atoms. The fourth-order valence-corrected chi connectivity index (χ4v) is 1.28. The number of aryl methyl sites for hydroxylation is 1. The zero-order chi connectivity index (χ0) is 9.97. The van der Waals surface area contributed by atoms with Gasteiger partial charge in [0.15, 0.2) is 5.95 Å². The fraction of sp³-hybridized carbons (Fsp3) is 0.556. The number of hydrogen-bond donors (Lipinski definition) is 2. The minimum Gasteiger partial charge on any atom is -0.369 e. The minimum atomic E-state index is 0.0978. The van der Waals surface area contributed by atoms with Gasteiger partial charge in [-0.3, -0.25) is 4.79 Å². The summed E-state index contributed by atoms with van der Waals surface area (Å²) in [4.78, 5) is 15.2. The van der Waals surface area contributed by atoms with Crippen LogP contribution in [0.15, 0.2) is 12.4 Å². The number of nitrogens with one attached hydrogen (secondary N) is 1. The first-order valence-electron chi connectivity index (χ1n) is 4.81. The molecule has 0 aromatic carbocycles. The van der Waals surface area contributed by atoms with Crippen LogP contribution in [0, 0.1) is 0 Å². The molecule has 1 aliphatic rings. The molecule has 1 aromatic rings. The summed E-state index contributed by atoms with van der Waals surface area (Å²) in [5.74, 6) is 0.560. The van der Waals surface area contributed by atoms with E-state index in [9.17, 15) is 4.79 Å². The Hall–Kier alpha value is -1.52. The van der Waals surface area contributed by atoms with E-state index in [4.69, 9.17) is 5.73 Å². The highest BCUT2D eigenvalue weighted by Crippen LogP contribution is 2.18. The van der Waals surface area contributed by atoms with Gasteiger partial charge < -0.3 is 15.6 Å². The molecule has 1 aliphatic carbocycles. The van der Waals surface area contributed by atoms with Crippen LogP contribution in [0.1, 0.15) is 19.3 Å². The van der Waals surface area contributed by atoms with Gasteiger partial charge in [0.2, 0.25) is 5.91 Å². The highest BCUT2D eigenvalue weighted by Gasteiger charge is 2.22. The fourth-order valence-electron chi connectivity index (χ4n) is 1.28. The van der Waals surface area contributed by atoms with E-state index in [0.717, 1.165) is 12.8 Å². The zero-order valence-electron chi connectivity index (χ0n) is 7.94.